The number of halogens is 1. The molecule has 96 valence electrons. The molecule has 0 amide bonds. The summed E-state index contributed by atoms with van der Waals surface area (Å²) in [5.41, 5.74) is 3.07. The van der Waals surface area contributed by atoms with Crippen molar-refractivity contribution in [3.05, 3.63) is 34.4 Å². The van der Waals surface area contributed by atoms with Crippen LogP contribution in [0.25, 0.3) is 0 Å². The Morgan fingerprint density at radius 1 is 1.39 bits per heavy atom. The van der Waals surface area contributed by atoms with Gasteiger partial charge in [-0.15, -0.1) is 0 Å². The lowest BCUT2D eigenvalue weighted by Crippen LogP contribution is -2.41. The van der Waals surface area contributed by atoms with Gasteiger partial charge in [0.2, 0.25) is 0 Å². The van der Waals surface area contributed by atoms with E-state index < -0.39 is 5.67 Å². The van der Waals surface area contributed by atoms with E-state index >= 15 is 4.39 Å². The van der Waals surface area contributed by atoms with Crippen LogP contribution in [0.15, 0.2) is 17.1 Å². The second-order valence-electron chi connectivity index (χ2n) is 5.64. The number of aliphatic imine (C=N–C) groups is 1. The Balaban J connectivity index is 2.01. The van der Waals surface area contributed by atoms with Gasteiger partial charge < -0.3 is 4.90 Å². The van der Waals surface area contributed by atoms with Crippen LogP contribution in [0, 0.1) is 6.92 Å². The molecule has 1 saturated heterocycles. The van der Waals surface area contributed by atoms with Gasteiger partial charge in [-0.3, -0.25) is 4.99 Å². The molecule has 1 fully saturated rings. The maximum atomic E-state index is 15.2. The van der Waals surface area contributed by atoms with Gasteiger partial charge in [0, 0.05) is 12.8 Å². The highest BCUT2D eigenvalue weighted by Gasteiger charge is 2.37. The number of rotatable bonds is 1. The minimum absolute atomic E-state index is 0.507. The topological polar surface area (TPSA) is 15.6 Å². The summed E-state index contributed by atoms with van der Waals surface area (Å²) >= 11 is 0. The van der Waals surface area contributed by atoms with Gasteiger partial charge in [0.15, 0.2) is 0 Å². The molecule has 1 aromatic rings. The minimum Gasteiger partial charge on any atom is -0.303 e. The zero-order chi connectivity index (χ0) is 12.8. The molecule has 18 heavy (non-hydrogen) atoms. The maximum Gasteiger partial charge on any atom is 0.148 e. The van der Waals surface area contributed by atoms with Gasteiger partial charge in [-0.25, -0.2) is 4.39 Å². The molecule has 1 unspecified atom stereocenters. The third-order valence-electron chi connectivity index (χ3n) is 4.09. The molecular formula is C15H19FN2. The van der Waals surface area contributed by atoms with Gasteiger partial charge in [0.25, 0.3) is 0 Å². The monoisotopic (exact) mass is 246 g/mol. The van der Waals surface area contributed by atoms with E-state index in [1.54, 1.807) is 0 Å². The zero-order valence-electron chi connectivity index (χ0n) is 11.0. The van der Waals surface area contributed by atoms with E-state index in [9.17, 15) is 0 Å². The predicted molar refractivity (Wildman–Crippen MR) is 72.0 cm³/mol. The van der Waals surface area contributed by atoms with Crippen molar-refractivity contribution in [1.29, 1.82) is 0 Å². The lowest BCUT2D eigenvalue weighted by atomic mass is 9.83. The van der Waals surface area contributed by atoms with Crippen LogP contribution >= 0.6 is 0 Å². The van der Waals surface area contributed by atoms with Crippen molar-refractivity contribution < 1.29 is 4.39 Å². The Morgan fingerprint density at radius 2 is 2.22 bits per heavy atom. The largest absolute Gasteiger partial charge is 0.303 e. The van der Waals surface area contributed by atoms with Crippen molar-refractivity contribution in [2.45, 2.75) is 32.0 Å². The van der Waals surface area contributed by atoms with Crippen LogP contribution in [0.4, 0.5) is 4.39 Å². The van der Waals surface area contributed by atoms with Crippen molar-refractivity contribution in [1.82, 2.24) is 4.90 Å². The SMILES string of the molecule is Cc1cc2c(cc1C1(F)CCCN(C)C1)CN=C2. The molecule has 0 N–H and O–H groups in total. The highest BCUT2D eigenvalue weighted by atomic mass is 19.1. The predicted octanol–water partition coefficient (Wildman–Crippen LogP) is 2.82. The smallest absolute Gasteiger partial charge is 0.148 e. The number of piperidine rings is 1. The van der Waals surface area contributed by atoms with E-state index in [1.165, 1.54) is 5.56 Å². The summed E-state index contributed by atoms with van der Waals surface area (Å²) < 4.78 is 15.2. The summed E-state index contributed by atoms with van der Waals surface area (Å²) in [5, 5.41) is 0. The van der Waals surface area contributed by atoms with E-state index in [4.69, 9.17) is 0 Å². The van der Waals surface area contributed by atoms with Crippen molar-refractivity contribution in [2.24, 2.45) is 4.99 Å². The maximum absolute atomic E-state index is 15.2. The molecule has 3 heteroatoms. The molecule has 0 spiro atoms. The first kappa shape index (κ1) is 11.8. The molecule has 0 aromatic heterocycles. The third kappa shape index (κ3) is 1.87. The summed E-state index contributed by atoms with van der Waals surface area (Å²) in [6.45, 7) is 4.22. The number of likely N-dealkylation sites (tertiary alicyclic amines) is 1. The van der Waals surface area contributed by atoms with Crippen LogP contribution in [0.5, 0.6) is 0 Å². The fourth-order valence-electron chi connectivity index (χ4n) is 3.19. The first-order valence-corrected chi connectivity index (χ1v) is 6.60. The fraction of sp³-hybridized carbons (Fsp3) is 0.533. The van der Waals surface area contributed by atoms with E-state index in [0.29, 0.717) is 19.5 Å². The van der Waals surface area contributed by atoms with Crippen LogP contribution < -0.4 is 0 Å². The summed E-state index contributed by atoms with van der Waals surface area (Å²) in [6.07, 6.45) is 3.46. The molecule has 0 aliphatic carbocycles. The molecule has 2 nitrogen and oxygen atoms in total. The quantitative estimate of drug-likeness (QED) is 0.744. The molecule has 1 atom stereocenters. The number of hydrogen-bond acceptors (Lipinski definition) is 2. The first-order chi connectivity index (χ1) is 8.58. The summed E-state index contributed by atoms with van der Waals surface area (Å²) in [6, 6.07) is 4.12. The molecule has 2 aliphatic rings. The lowest BCUT2D eigenvalue weighted by Gasteiger charge is -2.36. The summed E-state index contributed by atoms with van der Waals surface area (Å²) in [4.78, 5) is 6.35. The third-order valence-corrected chi connectivity index (χ3v) is 4.09. The average molecular weight is 246 g/mol. The molecule has 2 heterocycles. The highest BCUT2D eigenvalue weighted by Crippen LogP contribution is 2.38. The van der Waals surface area contributed by atoms with Crippen molar-refractivity contribution in [3.63, 3.8) is 0 Å². The number of fused-ring (bicyclic) bond motifs is 1. The van der Waals surface area contributed by atoms with E-state index in [1.807, 2.05) is 26.3 Å². The Kier molecular flexibility index (Phi) is 2.74. The van der Waals surface area contributed by atoms with Gasteiger partial charge in [0.05, 0.1) is 6.54 Å². The molecule has 3 rings (SSSR count). The van der Waals surface area contributed by atoms with Crippen LogP contribution in [0.2, 0.25) is 0 Å². The Morgan fingerprint density at radius 3 is 3.00 bits per heavy atom. The normalized spacial score (nSPS) is 27.5. The number of nitrogens with zero attached hydrogens (tertiary/aromatic N) is 2. The van der Waals surface area contributed by atoms with Gasteiger partial charge in [0.1, 0.15) is 5.67 Å². The summed E-state index contributed by atoms with van der Waals surface area (Å²) in [7, 11) is 2.00. The van der Waals surface area contributed by atoms with Crippen LogP contribution in [-0.2, 0) is 12.2 Å². The molecular weight excluding hydrogens is 227 g/mol. The molecule has 0 radical (unpaired) electrons. The minimum atomic E-state index is -1.19. The van der Waals surface area contributed by atoms with Crippen LogP contribution in [0.1, 0.15) is 35.1 Å². The molecule has 1 aromatic carbocycles. The van der Waals surface area contributed by atoms with Crippen molar-refractivity contribution in [2.75, 3.05) is 20.1 Å². The van der Waals surface area contributed by atoms with Gasteiger partial charge >= 0.3 is 0 Å². The Hall–Kier alpha value is -1.22. The van der Waals surface area contributed by atoms with Crippen molar-refractivity contribution >= 4 is 6.21 Å². The summed E-state index contributed by atoms with van der Waals surface area (Å²) in [5.74, 6) is 0. The number of benzene rings is 1. The van der Waals surface area contributed by atoms with Crippen LogP contribution in [0.3, 0.4) is 0 Å². The Bertz CT molecular complexity index is 509. The zero-order valence-corrected chi connectivity index (χ0v) is 11.0. The van der Waals surface area contributed by atoms with Gasteiger partial charge in [-0.1, -0.05) is 0 Å². The standard InChI is InChI=1S/C15H19FN2/c1-11-6-12-8-17-9-13(12)7-14(11)15(16)4-3-5-18(2)10-15/h6-8H,3-5,9-10H2,1-2H3. The molecule has 2 aliphatic heterocycles. The number of alkyl halides is 1. The number of hydrogen-bond donors (Lipinski definition) is 0. The second kappa shape index (κ2) is 4.16. The highest BCUT2D eigenvalue weighted by molar-refractivity contribution is 5.85. The second-order valence-corrected chi connectivity index (χ2v) is 5.64. The first-order valence-electron chi connectivity index (χ1n) is 6.60. The molecule has 0 saturated carbocycles. The average Bonchev–Trinajstić information content (AvgIpc) is 2.74. The number of aryl methyl sites for hydroxylation is 1. The van der Waals surface area contributed by atoms with E-state index in [2.05, 4.69) is 16.0 Å². The fourth-order valence-corrected chi connectivity index (χ4v) is 3.19. The van der Waals surface area contributed by atoms with Crippen LogP contribution in [-0.4, -0.2) is 31.3 Å². The number of likely N-dealkylation sites (N-methyl/N-ethyl adjacent to an activating group) is 1. The van der Waals surface area contributed by atoms with Gasteiger partial charge in [-0.05, 0) is 67.7 Å². The Labute approximate surface area is 108 Å². The van der Waals surface area contributed by atoms with Gasteiger partial charge in [-0.2, -0.15) is 0 Å². The molecule has 0 bridgehead atoms. The van der Waals surface area contributed by atoms with E-state index in [0.717, 1.165) is 29.7 Å². The lowest BCUT2D eigenvalue weighted by molar-refractivity contribution is 0.0557. The van der Waals surface area contributed by atoms with Crippen molar-refractivity contribution in [3.8, 4) is 0 Å². The van der Waals surface area contributed by atoms with E-state index in [-0.39, 0.29) is 0 Å².